The van der Waals surface area contributed by atoms with Gasteiger partial charge < -0.3 is 10.1 Å². The number of nitrogens with zero attached hydrogens (tertiary/aromatic N) is 1. The van der Waals surface area contributed by atoms with E-state index in [1.807, 2.05) is 6.92 Å². The Morgan fingerprint density at radius 3 is 2.93 bits per heavy atom. The molecule has 0 atom stereocenters. The molecule has 0 fully saturated rings. The molecule has 0 radical (unpaired) electrons. The van der Waals surface area contributed by atoms with Crippen molar-refractivity contribution in [2.45, 2.75) is 6.92 Å². The van der Waals surface area contributed by atoms with E-state index in [2.05, 4.69) is 26.2 Å². The van der Waals surface area contributed by atoms with Gasteiger partial charge in [-0.15, -0.1) is 0 Å². The lowest BCUT2D eigenvalue weighted by molar-refractivity contribution is -0.113. The largest absolute Gasteiger partial charge is 0.478 e. The standard InChI is InChI=1S/C9H11BrN2O2/c1-2-14-9-4-3-7(6-11-9)12-8(13)5-10/h3-4,6H,2,5H2,1H3,(H,12,13). The van der Waals surface area contributed by atoms with Crippen LogP contribution >= 0.6 is 15.9 Å². The molecule has 5 heteroatoms. The Morgan fingerprint density at radius 1 is 1.64 bits per heavy atom. The number of nitrogens with one attached hydrogen (secondary N) is 1. The molecule has 0 aliphatic rings. The summed E-state index contributed by atoms with van der Waals surface area (Å²) in [5.41, 5.74) is 0.665. The van der Waals surface area contributed by atoms with Crippen LogP contribution in [0.4, 0.5) is 5.69 Å². The highest BCUT2D eigenvalue weighted by molar-refractivity contribution is 9.09. The molecule has 0 unspecified atom stereocenters. The van der Waals surface area contributed by atoms with Crippen LogP contribution in [0.2, 0.25) is 0 Å². The third-order valence-corrected chi connectivity index (χ3v) is 1.94. The molecule has 14 heavy (non-hydrogen) atoms. The third kappa shape index (κ3) is 3.33. The smallest absolute Gasteiger partial charge is 0.235 e. The topological polar surface area (TPSA) is 51.2 Å². The van der Waals surface area contributed by atoms with Crippen LogP contribution in [0.25, 0.3) is 0 Å². The molecule has 0 bridgehead atoms. The molecule has 0 aliphatic heterocycles. The quantitative estimate of drug-likeness (QED) is 0.839. The summed E-state index contributed by atoms with van der Waals surface area (Å²) in [6, 6.07) is 3.46. The number of ether oxygens (including phenoxy) is 1. The highest BCUT2D eigenvalue weighted by Gasteiger charge is 2.00. The SMILES string of the molecule is CCOc1ccc(NC(=O)CBr)cn1. The first kappa shape index (κ1) is 11.0. The monoisotopic (exact) mass is 258 g/mol. The van der Waals surface area contributed by atoms with Gasteiger partial charge in [0.15, 0.2) is 0 Å². The minimum atomic E-state index is -0.101. The summed E-state index contributed by atoms with van der Waals surface area (Å²) in [6.07, 6.45) is 1.56. The second kappa shape index (κ2) is 5.59. The maximum absolute atomic E-state index is 11.0. The highest BCUT2D eigenvalue weighted by Crippen LogP contribution is 2.11. The minimum absolute atomic E-state index is 0.101. The van der Waals surface area contributed by atoms with Gasteiger partial charge in [0.1, 0.15) is 0 Å². The summed E-state index contributed by atoms with van der Waals surface area (Å²) in [7, 11) is 0. The molecule has 1 heterocycles. The fraction of sp³-hybridized carbons (Fsp3) is 0.333. The van der Waals surface area contributed by atoms with E-state index >= 15 is 0 Å². The third-order valence-electron chi connectivity index (χ3n) is 1.43. The maximum Gasteiger partial charge on any atom is 0.235 e. The van der Waals surface area contributed by atoms with E-state index in [4.69, 9.17) is 4.74 Å². The second-order valence-electron chi connectivity index (χ2n) is 2.50. The van der Waals surface area contributed by atoms with Crippen molar-refractivity contribution < 1.29 is 9.53 Å². The van der Waals surface area contributed by atoms with Crippen LogP contribution in [0.3, 0.4) is 0 Å². The first-order chi connectivity index (χ1) is 6.76. The molecule has 1 aromatic rings. The van der Waals surface area contributed by atoms with E-state index in [-0.39, 0.29) is 11.2 Å². The van der Waals surface area contributed by atoms with Gasteiger partial charge >= 0.3 is 0 Å². The van der Waals surface area contributed by atoms with Crippen LogP contribution < -0.4 is 10.1 Å². The van der Waals surface area contributed by atoms with Crippen LogP contribution in [0.15, 0.2) is 18.3 Å². The van der Waals surface area contributed by atoms with Crippen LogP contribution in [0, 0.1) is 0 Å². The zero-order chi connectivity index (χ0) is 10.4. The molecule has 4 nitrogen and oxygen atoms in total. The van der Waals surface area contributed by atoms with Crippen molar-refractivity contribution in [2.75, 3.05) is 17.3 Å². The van der Waals surface area contributed by atoms with Gasteiger partial charge in [0.2, 0.25) is 11.8 Å². The fourth-order valence-electron chi connectivity index (χ4n) is 0.882. The molecular weight excluding hydrogens is 248 g/mol. The van der Waals surface area contributed by atoms with Crippen molar-refractivity contribution in [2.24, 2.45) is 0 Å². The van der Waals surface area contributed by atoms with Crippen molar-refractivity contribution in [1.82, 2.24) is 4.98 Å². The van der Waals surface area contributed by atoms with Gasteiger partial charge in [-0.05, 0) is 13.0 Å². The number of hydrogen-bond acceptors (Lipinski definition) is 3. The van der Waals surface area contributed by atoms with Crippen molar-refractivity contribution in [1.29, 1.82) is 0 Å². The predicted molar refractivity (Wildman–Crippen MR) is 57.8 cm³/mol. The molecule has 1 amide bonds. The van der Waals surface area contributed by atoms with Gasteiger partial charge in [0.25, 0.3) is 0 Å². The number of hydrogen-bond donors (Lipinski definition) is 1. The first-order valence-electron chi connectivity index (χ1n) is 4.21. The number of amides is 1. The Hall–Kier alpha value is -1.10. The molecule has 0 spiro atoms. The predicted octanol–water partition coefficient (Wildman–Crippen LogP) is 1.81. The van der Waals surface area contributed by atoms with E-state index in [1.54, 1.807) is 18.3 Å². The van der Waals surface area contributed by atoms with E-state index < -0.39 is 0 Å². The number of carbonyl (C=O) groups excluding carboxylic acids is 1. The number of rotatable bonds is 4. The summed E-state index contributed by atoms with van der Waals surface area (Å²) in [6.45, 7) is 2.47. The second-order valence-corrected chi connectivity index (χ2v) is 3.06. The summed E-state index contributed by atoms with van der Waals surface area (Å²) in [5.74, 6) is 0.459. The molecule has 1 aromatic heterocycles. The van der Waals surface area contributed by atoms with Gasteiger partial charge in [0, 0.05) is 6.07 Å². The van der Waals surface area contributed by atoms with E-state index in [1.165, 1.54) is 0 Å². The summed E-state index contributed by atoms with van der Waals surface area (Å²) < 4.78 is 5.16. The summed E-state index contributed by atoms with van der Waals surface area (Å²) >= 11 is 3.05. The van der Waals surface area contributed by atoms with Crippen LogP contribution in [0.1, 0.15) is 6.92 Å². The number of aromatic nitrogens is 1. The zero-order valence-electron chi connectivity index (χ0n) is 7.79. The number of carbonyl (C=O) groups is 1. The van der Waals surface area contributed by atoms with Crippen molar-refractivity contribution >= 4 is 27.5 Å². The molecular formula is C9H11BrN2O2. The van der Waals surface area contributed by atoms with Gasteiger partial charge in [-0.3, -0.25) is 4.79 Å². The van der Waals surface area contributed by atoms with Crippen LogP contribution in [-0.2, 0) is 4.79 Å². The highest BCUT2D eigenvalue weighted by atomic mass is 79.9. The molecule has 1 rings (SSSR count). The Bertz CT molecular complexity index is 300. The van der Waals surface area contributed by atoms with Crippen molar-refractivity contribution in [3.63, 3.8) is 0 Å². The van der Waals surface area contributed by atoms with Gasteiger partial charge in [-0.1, -0.05) is 15.9 Å². The van der Waals surface area contributed by atoms with E-state index in [0.29, 0.717) is 18.2 Å². The molecule has 76 valence electrons. The molecule has 0 aliphatic carbocycles. The fourth-order valence-corrected chi connectivity index (χ4v) is 1.02. The van der Waals surface area contributed by atoms with Gasteiger partial charge in [0.05, 0.1) is 23.8 Å². The Labute approximate surface area is 90.8 Å². The molecule has 0 saturated heterocycles. The first-order valence-corrected chi connectivity index (χ1v) is 5.33. The Balaban J connectivity index is 2.59. The van der Waals surface area contributed by atoms with Crippen LogP contribution in [0.5, 0.6) is 5.88 Å². The average Bonchev–Trinajstić information content (AvgIpc) is 2.21. The zero-order valence-corrected chi connectivity index (χ0v) is 9.37. The molecule has 1 N–H and O–H groups in total. The lowest BCUT2D eigenvalue weighted by Gasteiger charge is -2.04. The average molecular weight is 259 g/mol. The normalized spacial score (nSPS) is 9.57. The molecule has 0 aromatic carbocycles. The number of halogens is 1. The lowest BCUT2D eigenvalue weighted by atomic mass is 10.4. The lowest BCUT2D eigenvalue weighted by Crippen LogP contribution is -2.12. The number of alkyl halides is 1. The van der Waals surface area contributed by atoms with Crippen LogP contribution in [-0.4, -0.2) is 22.8 Å². The van der Waals surface area contributed by atoms with Crippen molar-refractivity contribution in [3.05, 3.63) is 18.3 Å². The summed E-state index contributed by atoms with van der Waals surface area (Å²) in [4.78, 5) is 15.0. The van der Waals surface area contributed by atoms with E-state index in [0.717, 1.165) is 0 Å². The number of anilines is 1. The Morgan fingerprint density at radius 2 is 2.43 bits per heavy atom. The maximum atomic E-state index is 11.0. The summed E-state index contributed by atoms with van der Waals surface area (Å²) in [5, 5.41) is 2.94. The molecule has 0 saturated carbocycles. The van der Waals surface area contributed by atoms with Crippen molar-refractivity contribution in [3.8, 4) is 5.88 Å². The Kier molecular flexibility index (Phi) is 4.39. The number of pyridine rings is 1. The van der Waals surface area contributed by atoms with Gasteiger partial charge in [-0.25, -0.2) is 4.98 Å². The van der Waals surface area contributed by atoms with Gasteiger partial charge in [-0.2, -0.15) is 0 Å². The minimum Gasteiger partial charge on any atom is -0.478 e. The van der Waals surface area contributed by atoms with E-state index in [9.17, 15) is 4.79 Å².